The van der Waals surface area contributed by atoms with Gasteiger partial charge in [0.1, 0.15) is 0 Å². The van der Waals surface area contributed by atoms with E-state index in [4.69, 9.17) is 0 Å². The van der Waals surface area contributed by atoms with Crippen LogP contribution >= 0.6 is 28.4 Å². The molecule has 82 valence electrons. The second kappa shape index (κ2) is 8.39. The van der Waals surface area contributed by atoms with E-state index < -0.39 is 0 Å². The predicted octanol–water partition coefficient (Wildman–Crippen LogP) is 5.15. The minimum absolute atomic E-state index is 0.252. The molecule has 0 aliphatic carbocycles. The predicted molar refractivity (Wildman–Crippen MR) is 76.3 cm³/mol. The van der Waals surface area contributed by atoms with Gasteiger partial charge >= 0.3 is 0 Å². The monoisotopic (exact) mass is 316 g/mol. The maximum absolute atomic E-state index is 2.63. The molecule has 0 amide bonds. The number of unbranched alkanes of at least 4 members (excludes halogenated alkanes) is 6. The minimum atomic E-state index is -0.252. The molecular formula is C11H25IS. The molecule has 13 heavy (non-hydrogen) atoms. The van der Waals surface area contributed by atoms with E-state index in [1.54, 1.807) is 0 Å². The van der Waals surface area contributed by atoms with Gasteiger partial charge in [0.15, 0.2) is 0 Å². The van der Waals surface area contributed by atoms with Crippen molar-refractivity contribution in [3.05, 3.63) is 0 Å². The maximum atomic E-state index is 2.63. The van der Waals surface area contributed by atoms with Crippen LogP contribution in [-0.2, 0) is 0 Å². The van der Waals surface area contributed by atoms with E-state index in [1.165, 1.54) is 50.7 Å². The van der Waals surface area contributed by atoms with Gasteiger partial charge in [-0.25, -0.2) is 0 Å². The van der Waals surface area contributed by atoms with Crippen molar-refractivity contribution in [1.82, 2.24) is 0 Å². The van der Waals surface area contributed by atoms with Crippen molar-refractivity contribution >= 4 is 28.4 Å². The van der Waals surface area contributed by atoms with Gasteiger partial charge in [-0.2, -0.15) is 7.20 Å². The summed E-state index contributed by atoms with van der Waals surface area (Å²) in [6, 6.07) is 0. The Morgan fingerprint density at radius 2 is 1.31 bits per heavy atom. The molecule has 0 aromatic heterocycles. The summed E-state index contributed by atoms with van der Waals surface area (Å²) in [6.45, 7) is 2.28. The van der Waals surface area contributed by atoms with Crippen molar-refractivity contribution in [2.75, 3.05) is 18.3 Å². The van der Waals surface area contributed by atoms with Crippen molar-refractivity contribution in [1.29, 1.82) is 0 Å². The van der Waals surface area contributed by atoms with Crippen molar-refractivity contribution in [3.63, 3.8) is 0 Å². The fourth-order valence-corrected chi connectivity index (χ4v) is 3.23. The van der Waals surface area contributed by atoms with Crippen LogP contribution in [0, 0.1) is 0 Å². The van der Waals surface area contributed by atoms with Crippen molar-refractivity contribution in [2.24, 2.45) is 0 Å². The van der Waals surface area contributed by atoms with Crippen molar-refractivity contribution in [3.8, 4) is 0 Å². The summed E-state index contributed by atoms with van der Waals surface area (Å²) < 4.78 is 0. The Kier molecular flexibility index (Phi) is 9.09. The van der Waals surface area contributed by atoms with E-state index in [0.29, 0.717) is 0 Å². The fourth-order valence-electron chi connectivity index (χ4n) is 1.40. The van der Waals surface area contributed by atoms with Gasteiger partial charge in [0, 0.05) is 0 Å². The van der Waals surface area contributed by atoms with E-state index in [1.807, 2.05) is 0 Å². The van der Waals surface area contributed by atoms with Gasteiger partial charge in [-0.05, 0) is 45.9 Å². The summed E-state index contributed by atoms with van der Waals surface area (Å²) in [5.74, 6) is 1.46. The molecule has 0 nitrogen and oxygen atoms in total. The molecule has 0 fully saturated rings. The first kappa shape index (κ1) is 14.1. The van der Waals surface area contributed by atoms with Crippen LogP contribution in [0.5, 0.6) is 0 Å². The molecule has 0 unspecified atom stereocenters. The molecule has 0 spiro atoms. The minimum Gasteiger partial charge on any atom is -0.193 e. The standard InChI is InChI=1S/C11H25IS/c1-4-5-6-7-8-9-10-11-13(2,3)12/h4-11H2,1-3H3. The second-order valence-corrected chi connectivity index (χ2v) is 14.6. The molecule has 0 heterocycles. The van der Waals surface area contributed by atoms with Crippen molar-refractivity contribution < 1.29 is 0 Å². The second-order valence-electron chi connectivity index (χ2n) is 4.23. The average molecular weight is 316 g/mol. The van der Waals surface area contributed by atoms with Gasteiger partial charge in [-0.15, -0.1) is 0 Å². The van der Waals surface area contributed by atoms with Crippen molar-refractivity contribution in [2.45, 2.75) is 51.9 Å². The Labute approximate surface area is 98.2 Å². The Balaban J connectivity index is 3.00. The Bertz CT molecular complexity index is 107. The lowest BCUT2D eigenvalue weighted by Gasteiger charge is -2.21. The first-order valence-corrected chi connectivity index (χ1v) is 10.6. The lowest BCUT2D eigenvalue weighted by atomic mass is 10.1. The SMILES string of the molecule is CCCCCCCCCS(C)(C)I. The average Bonchev–Trinajstić information content (AvgIpc) is 2.01. The molecule has 0 radical (unpaired) electrons. The van der Waals surface area contributed by atoms with Crippen LogP contribution in [0.2, 0.25) is 0 Å². The van der Waals surface area contributed by atoms with Gasteiger partial charge in [-0.3, -0.25) is 0 Å². The quantitative estimate of drug-likeness (QED) is 0.429. The summed E-state index contributed by atoms with van der Waals surface area (Å²) in [7, 11) is -0.252. The highest BCUT2D eigenvalue weighted by molar-refractivity contribution is 14.2. The highest BCUT2D eigenvalue weighted by Gasteiger charge is 2.04. The molecule has 0 aromatic carbocycles. The molecule has 0 saturated carbocycles. The number of rotatable bonds is 8. The highest BCUT2D eigenvalue weighted by atomic mass is 127. The van der Waals surface area contributed by atoms with E-state index in [2.05, 4.69) is 40.6 Å². The third-order valence-electron chi connectivity index (χ3n) is 2.23. The van der Waals surface area contributed by atoms with Crippen LogP contribution in [-0.4, -0.2) is 18.3 Å². The van der Waals surface area contributed by atoms with Crippen LogP contribution in [0.3, 0.4) is 0 Å². The molecule has 0 saturated heterocycles. The van der Waals surface area contributed by atoms with E-state index in [-0.39, 0.29) is 7.20 Å². The maximum Gasteiger partial charge on any atom is -0.0149 e. The summed E-state index contributed by atoms with van der Waals surface area (Å²) in [5.41, 5.74) is 0. The van der Waals surface area contributed by atoms with Crippen LogP contribution in [0.1, 0.15) is 51.9 Å². The van der Waals surface area contributed by atoms with Gasteiger partial charge < -0.3 is 0 Å². The molecule has 0 aliphatic heterocycles. The molecule has 0 aliphatic rings. The molecule has 0 atom stereocenters. The van der Waals surface area contributed by atoms with Crippen LogP contribution < -0.4 is 0 Å². The van der Waals surface area contributed by atoms with Crippen LogP contribution in [0.25, 0.3) is 0 Å². The van der Waals surface area contributed by atoms with Gasteiger partial charge in [-0.1, -0.05) is 45.4 Å². The van der Waals surface area contributed by atoms with E-state index in [0.717, 1.165) is 0 Å². The number of hydrogen-bond acceptors (Lipinski definition) is 0. The van der Waals surface area contributed by atoms with E-state index in [9.17, 15) is 0 Å². The summed E-state index contributed by atoms with van der Waals surface area (Å²) in [5, 5.41) is 0. The van der Waals surface area contributed by atoms with Gasteiger partial charge in [0.2, 0.25) is 0 Å². The molecule has 0 aromatic rings. The third kappa shape index (κ3) is 13.1. The molecule has 2 heteroatoms. The van der Waals surface area contributed by atoms with Gasteiger partial charge in [0.05, 0.1) is 0 Å². The molecule has 0 N–H and O–H groups in total. The van der Waals surface area contributed by atoms with Crippen LogP contribution in [0.15, 0.2) is 0 Å². The third-order valence-corrected chi connectivity index (χ3v) is 4.81. The zero-order valence-electron chi connectivity index (χ0n) is 9.44. The zero-order chi connectivity index (χ0) is 10.2. The largest absolute Gasteiger partial charge is 0.193 e. The lowest BCUT2D eigenvalue weighted by Crippen LogP contribution is -1.92. The smallest absolute Gasteiger partial charge is 0.0149 e. The van der Waals surface area contributed by atoms with Gasteiger partial charge in [0.25, 0.3) is 0 Å². The Morgan fingerprint density at radius 3 is 1.77 bits per heavy atom. The number of hydrogen-bond donors (Lipinski definition) is 0. The molecule has 0 bridgehead atoms. The highest BCUT2D eigenvalue weighted by Crippen LogP contribution is 2.49. The summed E-state index contributed by atoms with van der Waals surface area (Å²) in [4.78, 5) is 0. The molecule has 0 rings (SSSR count). The topological polar surface area (TPSA) is 0 Å². The van der Waals surface area contributed by atoms with E-state index >= 15 is 0 Å². The number of halogens is 1. The lowest BCUT2D eigenvalue weighted by molar-refractivity contribution is 0.603. The fraction of sp³-hybridized carbons (Fsp3) is 1.00. The normalized spacial score (nSPS) is 13.2. The Morgan fingerprint density at radius 1 is 0.846 bits per heavy atom. The molecular weight excluding hydrogens is 291 g/mol. The van der Waals surface area contributed by atoms with Crippen LogP contribution in [0.4, 0.5) is 0 Å². The zero-order valence-corrected chi connectivity index (χ0v) is 12.4. The Hall–Kier alpha value is 1.08. The summed E-state index contributed by atoms with van der Waals surface area (Å²) in [6.07, 6.45) is 14.9. The first-order chi connectivity index (χ1) is 6.06. The summed E-state index contributed by atoms with van der Waals surface area (Å²) >= 11 is 2.63. The first-order valence-electron chi connectivity index (χ1n) is 5.47.